The van der Waals surface area contributed by atoms with Gasteiger partial charge in [-0.2, -0.15) is 0 Å². The minimum absolute atomic E-state index is 0.837. The standard InChI is InChI=1S/C30H52O26/c31-1-6-11(36)16(41)17(42)27(49-6)54-23-13(38)8(3-33)51-29(19(23)44)56-25-15(40)10(5-35)52-30(21(25)46)55-24-14(39)9(4-34)50-28(20(24)45)53-22-12(37)7(2-32)48-26(47)18(22)43/h6-47H,1-5H2/t6?,7?,8?,9?,10?,11-,12-,13-,14-,15-,16-,17?,18?,19?,20?,21?,22-,23-,24-,25-,26+,27-,28-,29-,30-/m0/s1. The molecular formula is C30H52O26. The summed E-state index contributed by atoms with van der Waals surface area (Å²) in [6.45, 7) is -4.58. The van der Waals surface area contributed by atoms with E-state index in [2.05, 4.69) is 0 Å². The number of hydrogen-bond acceptors (Lipinski definition) is 26. The maximum absolute atomic E-state index is 11.4. The summed E-state index contributed by atoms with van der Waals surface area (Å²) in [4.78, 5) is 0. The molecule has 0 amide bonds. The van der Waals surface area contributed by atoms with Gasteiger partial charge in [0.1, 0.15) is 122 Å². The quantitative estimate of drug-likeness (QED) is 0.0819. The molecule has 10 unspecified atom stereocenters. The van der Waals surface area contributed by atoms with Crippen LogP contribution in [0.25, 0.3) is 0 Å². The van der Waals surface area contributed by atoms with Crippen LogP contribution in [0.1, 0.15) is 0 Å². The maximum Gasteiger partial charge on any atom is 0.187 e. The number of rotatable bonds is 13. The Morgan fingerprint density at radius 1 is 0.268 bits per heavy atom. The summed E-state index contributed by atoms with van der Waals surface area (Å²) in [5.74, 6) is 0. The maximum atomic E-state index is 11.4. The molecule has 0 spiro atoms. The third-order valence-electron chi connectivity index (χ3n) is 10.3. The van der Waals surface area contributed by atoms with E-state index in [4.69, 9.17) is 42.6 Å². The molecule has 0 aliphatic carbocycles. The molecule has 17 N–H and O–H groups in total. The Hall–Kier alpha value is -1.04. The SMILES string of the molecule is OCC1O[C@@H](O[C@@H]2C(O)[C@H](O[C@@H]3C(O)[C@H](O[C@@H]4C(O)[C@H](O[C@@H]5C(O)[C@H](O)OC(CO)[C@@H]5O)OC(CO)[C@@H]4O)OC(CO)[C@@H]3O)OC(CO)[C@@H]2O)C(O)[C@@H](O)[C@H]1O. The fraction of sp³-hybridized carbons (Fsp3) is 1.00. The first-order valence-electron chi connectivity index (χ1n) is 17.6. The molecule has 56 heavy (non-hydrogen) atoms. The van der Waals surface area contributed by atoms with Crippen LogP contribution in [0.4, 0.5) is 0 Å². The molecule has 5 fully saturated rings. The van der Waals surface area contributed by atoms with Crippen molar-refractivity contribution in [3.05, 3.63) is 0 Å². The summed E-state index contributed by atoms with van der Waals surface area (Å²) in [5, 5.41) is 177. The van der Waals surface area contributed by atoms with Gasteiger partial charge < -0.3 is 129 Å². The van der Waals surface area contributed by atoms with Crippen LogP contribution in [-0.4, -0.2) is 273 Å². The van der Waals surface area contributed by atoms with Gasteiger partial charge in [0, 0.05) is 0 Å². The second kappa shape index (κ2) is 19.6. The first-order chi connectivity index (χ1) is 26.5. The first-order valence-corrected chi connectivity index (χ1v) is 17.6. The van der Waals surface area contributed by atoms with E-state index >= 15 is 0 Å². The molecule has 5 aliphatic heterocycles. The van der Waals surface area contributed by atoms with Crippen molar-refractivity contribution in [3.63, 3.8) is 0 Å². The smallest absolute Gasteiger partial charge is 0.187 e. The predicted octanol–water partition coefficient (Wildman–Crippen LogP) is -11.9. The molecule has 5 heterocycles. The largest absolute Gasteiger partial charge is 0.394 e. The molecule has 5 aliphatic rings. The summed E-state index contributed by atoms with van der Waals surface area (Å²) in [6.07, 6.45) is -47.2. The minimum Gasteiger partial charge on any atom is -0.394 e. The third kappa shape index (κ3) is 9.16. The third-order valence-corrected chi connectivity index (χ3v) is 10.3. The molecule has 25 atom stereocenters. The highest BCUT2D eigenvalue weighted by molar-refractivity contribution is 4.99. The predicted molar refractivity (Wildman–Crippen MR) is 167 cm³/mol. The Morgan fingerprint density at radius 2 is 0.518 bits per heavy atom. The number of ether oxygens (including phenoxy) is 9. The Morgan fingerprint density at radius 3 is 0.821 bits per heavy atom. The van der Waals surface area contributed by atoms with E-state index in [9.17, 15) is 86.8 Å². The summed E-state index contributed by atoms with van der Waals surface area (Å²) < 4.78 is 48.9. The average Bonchev–Trinajstić information content (AvgIpc) is 3.18. The van der Waals surface area contributed by atoms with Gasteiger partial charge in [0.15, 0.2) is 31.5 Å². The van der Waals surface area contributed by atoms with Gasteiger partial charge in [-0.3, -0.25) is 0 Å². The van der Waals surface area contributed by atoms with Crippen molar-refractivity contribution < 1.29 is 129 Å². The van der Waals surface area contributed by atoms with E-state index in [0.29, 0.717) is 0 Å². The topological polar surface area (TPSA) is 427 Å². The molecule has 0 aromatic carbocycles. The number of hydrogen-bond donors (Lipinski definition) is 17. The molecule has 5 rings (SSSR count). The van der Waals surface area contributed by atoms with Crippen LogP contribution < -0.4 is 0 Å². The van der Waals surface area contributed by atoms with Crippen molar-refractivity contribution in [1.82, 2.24) is 0 Å². The molecule has 5 saturated heterocycles. The van der Waals surface area contributed by atoms with Crippen LogP contribution in [0.2, 0.25) is 0 Å². The van der Waals surface area contributed by atoms with Crippen LogP contribution in [0, 0.1) is 0 Å². The molecule has 0 saturated carbocycles. The lowest BCUT2D eigenvalue weighted by Gasteiger charge is -2.49. The van der Waals surface area contributed by atoms with Gasteiger partial charge >= 0.3 is 0 Å². The summed E-state index contributed by atoms with van der Waals surface area (Å²) in [6, 6.07) is 0. The Bertz CT molecular complexity index is 1210. The molecule has 0 aromatic heterocycles. The van der Waals surface area contributed by atoms with E-state index in [-0.39, 0.29) is 0 Å². The van der Waals surface area contributed by atoms with Crippen molar-refractivity contribution in [2.24, 2.45) is 0 Å². The zero-order chi connectivity index (χ0) is 41.3. The van der Waals surface area contributed by atoms with Gasteiger partial charge in [0.2, 0.25) is 0 Å². The Labute approximate surface area is 316 Å². The first kappa shape index (κ1) is 46.0. The monoisotopic (exact) mass is 828 g/mol. The lowest BCUT2D eigenvalue weighted by Crippen LogP contribution is -2.68. The summed E-state index contributed by atoms with van der Waals surface area (Å²) in [5.41, 5.74) is 0. The van der Waals surface area contributed by atoms with Gasteiger partial charge in [-0.1, -0.05) is 0 Å². The van der Waals surface area contributed by atoms with Gasteiger partial charge in [-0.05, 0) is 0 Å². The van der Waals surface area contributed by atoms with Crippen LogP contribution in [0.5, 0.6) is 0 Å². The molecule has 0 radical (unpaired) electrons. The van der Waals surface area contributed by atoms with Gasteiger partial charge in [0.05, 0.1) is 33.0 Å². The van der Waals surface area contributed by atoms with Crippen molar-refractivity contribution in [3.8, 4) is 0 Å². The highest BCUT2D eigenvalue weighted by Crippen LogP contribution is 2.35. The van der Waals surface area contributed by atoms with Gasteiger partial charge in [0.25, 0.3) is 0 Å². The van der Waals surface area contributed by atoms with Crippen molar-refractivity contribution in [1.29, 1.82) is 0 Å². The molecule has 26 heteroatoms. The normalized spacial score (nSPS) is 53.2. The van der Waals surface area contributed by atoms with E-state index in [1.54, 1.807) is 0 Å². The fourth-order valence-electron chi connectivity index (χ4n) is 7.01. The van der Waals surface area contributed by atoms with Crippen LogP contribution in [0.15, 0.2) is 0 Å². The van der Waals surface area contributed by atoms with E-state index in [1.165, 1.54) is 0 Å². The van der Waals surface area contributed by atoms with Crippen molar-refractivity contribution >= 4 is 0 Å². The molecule has 26 nitrogen and oxygen atoms in total. The summed E-state index contributed by atoms with van der Waals surface area (Å²) >= 11 is 0. The van der Waals surface area contributed by atoms with Crippen molar-refractivity contribution in [2.75, 3.05) is 33.0 Å². The van der Waals surface area contributed by atoms with E-state index in [1.807, 2.05) is 0 Å². The lowest BCUT2D eigenvalue weighted by molar-refractivity contribution is -0.395. The minimum atomic E-state index is -2.18. The molecule has 0 bridgehead atoms. The highest BCUT2D eigenvalue weighted by Gasteiger charge is 2.56. The van der Waals surface area contributed by atoms with E-state index < -0.39 is 187 Å². The van der Waals surface area contributed by atoms with E-state index in [0.717, 1.165) is 0 Å². The van der Waals surface area contributed by atoms with Crippen LogP contribution in [0.3, 0.4) is 0 Å². The number of aliphatic hydroxyl groups is 17. The van der Waals surface area contributed by atoms with Crippen LogP contribution >= 0.6 is 0 Å². The second-order valence-corrected chi connectivity index (χ2v) is 13.9. The highest BCUT2D eigenvalue weighted by atomic mass is 16.8. The summed E-state index contributed by atoms with van der Waals surface area (Å²) in [7, 11) is 0. The molecule has 0 aromatic rings. The van der Waals surface area contributed by atoms with Gasteiger partial charge in [-0.25, -0.2) is 0 Å². The Balaban J connectivity index is 1.34. The zero-order valence-electron chi connectivity index (χ0n) is 29.2. The average molecular weight is 829 g/mol. The zero-order valence-corrected chi connectivity index (χ0v) is 29.2. The van der Waals surface area contributed by atoms with Gasteiger partial charge in [-0.15, -0.1) is 0 Å². The molecule has 328 valence electrons. The number of aliphatic hydroxyl groups excluding tert-OH is 17. The fourth-order valence-corrected chi connectivity index (χ4v) is 7.01. The van der Waals surface area contributed by atoms with Crippen molar-refractivity contribution in [2.45, 2.75) is 154 Å². The van der Waals surface area contributed by atoms with Crippen LogP contribution in [-0.2, 0) is 42.6 Å². The Kier molecular flexibility index (Phi) is 16.1. The molecular weight excluding hydrogens is 776 g/mol. The second-order valence-electron chi connectivity index (χ2n) is 13.9. The lowest BCUT2D eigenvalue weighted by atomic mass is 9.95.